The van der Waals surface area contributed by atoms with E-state index in [4.69, 9.17) is 4.74 Å². The molecule has 1 N–H and O–H groups in total. The van der Waals surface area contributed by atoms with Crippen LogP contribution in [0.5, 0.6) is 0 Å². The molecule has 3 aromatic rings. The summed E-state index contributed by atoms with van der Waals surface area (Å²) in [6.45, 7) is 1.74. The Hall–Kier alpha value is -3.41. The van der Waals surface area contributed by atoms with Gasteiger partial charge in [-0.25, -0.2) is 4.98 Å². The minimum atomic E-state index is -0.529. The predicted molar refractivity (Wildman–Crippen MR) is 101 cm³/mol. The van der Waals surface area contributed by atoms with Gasteiger partial charge < -0.3 is 14.6 Å². The first-order valence-corrected chi connectivity index (χ1v) is 8.62. The molecule has 0 aliphatic rings. The smallest absolute Gasteiger partial charge is 0.310 e. The molecule has 0 saturated heterocycles. The van der Waals surface area contributed by atoms with Gasteiger partial charge in [0.25, 0.3) is 5.91 Å². The van der Waals surface area contributed by atoms with Crippen LogP contribution in [0.2, 0.25) is 0 Å². The molecule has 1 heterocycles. The van der Waals surface area contributed by atoms with Gasteiger partial charge in [-0.3, -0.25) is 9.59 Å². The molecule has 6 heteroatoms. The van der Waals surface area contributed by atoms with Gasteiger partial charge in [0.2, 0.25) is 0 Å². The van der Waals surface area contributed by atoms with Gasteiger partial charge in [0.05, 0.1) is 25.4 Å². The molecule has 0 spiro atoms. The molecule has 0 fully saturated rings. The Morgan fingerprint density at radius 2 is 1.89 bits per heavy atom. The van der Waals surface area contributed by atoms with E-state index >= 15 is 0 Å². The third-order valence-electron chi connectivity index (χ3n) is 4.43. The minimum Gasteiger partial charge on any atom is -0.469 e. The lowest BCUT2D eigenvalue weighted by Crippen LogP contribution is -2.36. The summed E-state index contributed by atoms with van der Waals surface area (Å²) in [5.74, 6) is -1.17. The van der Waals surface area contributed by atoms with Crippen molar-refractivity contribution in [1.82, 2.24) is 14.9 Å². The number of rotatable bonds is 6. The van der Waals surface area contributed by atoms with Crippen LogP contribution in [-0.2, 0) is 9.53 Å². The topological polar surface area (TPSA) is 73.2 Å². The Kier molecular flexibility index (Phi) is 5.66. The number of imidazole rings is 1. The second-order valence-electron chi connectivity index (χ2n) is 6.19. The van der Waals surface area contributed by atoms with Crippen molar-refractivity contribution in [2.45, 2.75) is 13.0 Å². The normalized spacial score (nSPS) is 12.8. The van der Waals surface area contributed by atoms with E-state index in [9.17, 15) is 9.59 Å². The zero-order valence-corrected chi connectivity index (χ0v) is 15.2. The number of methoxy groups -OCH3 is 1. The third kappa shape index (κ3) is 4.23. The molecular formula is C21H21N3O3. The number of hydrogen-bond donors (Lipinski definition) is 1. The van der Waals surface area contributed by atoms with Crippen LogP contribution >= 0.6 is 0 Å². The van der Waals surface area contributed by atoms with Gasteiger partial charge in [-0.1, -0.05) is 36.4 Å². The summed E-state index contributed by atoms with van der Waals surface area (Å²) >= 11 is 0. The summed E-state index contributed by atoms with van der Waals surface area (Å²) in [7, 11) is 1.34. The molecule has 0 radical (unpaired) electrons. The predicted octanol–water partition coefficient (Wildman–Crippen LogP) is 3.15. The van der Waals surface area contributed by atoms with Gasteiger partial charge in [-0.05, 0) is 30.7 Å². The molecule has 138 valence electrons. The van der Waals surface area contributed by atoms with E-state index in [-0.39, 0.29) is 11.9 Å². The van der Waals surface area contributed by atoms with Crippen LogP contribution in [0.15, 0.2) is 73.3 Å². The Labute approximate surface area is 157 Å². The number of amides is 1. The molecule has 0 aliphatic carbocycles. The fraction of sp³-hybridized carbons (Fsp3) is 0.190. The highest BCUT2D eigenvalue weighted by Crippen LogP contribution is 2.24. The summed E-state index contributed by atoms with van der Waals surface area (Å²) < 4.78 is 6.69. The Balaban J connectivity index is 1.86. The Bertz CT molecular complexity index is 907. The van der Waals surface area contributed by atoms with Crippen LogP contribution < -0.4 is 5.32 Å². The maximum atomic E-state index is 12.9. The van der Waals surface area contributed by atoms with Crippen molar-refractivity contribution in [3.8, 4) is 5.69 Å². The highest BCUT2D eigenvalue weighted by atomic mass is 16.5. The van der Waals surface area contributed by atoms with E-state index in [0.29, 0.717) is 5.56 Å². The first-order valence-electron chi connectivity index (χ1n) is 8.62. The standard InChI is InChI=1S/C21H21N3O3/c1-15(21(26)27-2)19(16-7-4-3-5-8-16)23-20(25)17-9-6-10-18(13-17)24-12-11-22-14-24/h3-15,19H,1-2H3,(H,23,25)/t15-,19+/m1/s1. The molecule has 6 nitrogen and oxygen atoms in total. The number of carbonyl (C=O) groups is 2. The lowest BCUT2D eigenvalue weighted by Gasteiger charge is -2.24. The van der Waals surface area contributed by atoms with Gasteiger partial charge in [-0.2, -0.15) is 0 Å². The number of ether oxygens (including phenoxy) is 1. The maximum absolute atomic E-state index is 12.9. The van der Waals surface area contributed by atoms with Gasteiger partial charge in [-0.15, -0.1) is 0 Å². The largest absolute Gasteiger partial charge is 0.469 e. The van der Waals surface area contributed by atoms with Crippen LogP contribution in [0.1, 0.15) is 28.9 Å². The van der Waals surface area contributed by atoms with Crippen LogP contribution in [0.25, 0.3) is 5.69 Å². The number of carbonyl (C=O) groups excluding carboxylic acids is 2. The third-order valence-corrected chi connectivity index (χ3v) is 4.43. The number of nitrogens with one attached hydrogen (secondary N) is 1. The minimum absolute atomic E-state index is 0.262. The number of nitrogens with zero attached hydrogens (tertiary/aromatic N) is 2. The summed E-state index contributed by atoms with van der Waals surface area (Å²) in [5, 5.41) is 2.97. The molecule has 3 rings (SSSR count). The van der Waals surface area contributed by atoms with E-state index < -0.39 is 12.0 Å². The maximum Gasteiger partial charge on any atom is 0.310 e. The molecule has 1 amide bonds. The van der Waals surface area contributed by atoms with Crippen molar-refractivity contribution in [1.29, 1.82) is 0 Å². The number of esters is 1. The molecule has 0 bridgehead atoms. The molecule has 27 heavy (non-hydrogen) atoms. The first-order chi connectivity index (χ1) is 13.1. The molecule has 2 atom stereocenters. The van der Waals surface area contributed by atoms with Gasteiger partial charge >= 0.3 is 5.97 Å². The zero-order valence-electron chi connectivity index (χ0n) is 15.2. The number of hydrogen-bond acceptors (Lipinski definition) is 4. The second kappa shape index (κ2) is 8.31. The van der Waals surface area contributed by atoms with Crippen molar-refractivity contribution in [2.75, 3.05) is 7.11 Å². The fourth-order valence-corrected chi connectivity index (χ4v) is 2.92. The monoisotopic (exact) mass is 363 g/mol. The highest BCUT2D eigenvalue weighted by Gasteiger charge is 2.28. The number of aromatic nitrogens is 2. The van der Waals surface area contributed by atoms with Crippen molar-refractivity contribution in [3.05, 3.63) is 84.4 Å². The van der Waals surface area contributed by atoms with E-state index in [1.54, 1.807) is 31.6 Å². The lowest BCUT2D eigenvalue weighted by atomic mass is 9.94. The summed E-state index contributed by atoms with van der Waals surface area (Å²) in [4.78, 5) is 29.0. The average Bonchev–Trinajstić information content (AvgIpc) is 3.26. The second-order valence-corrected chi connectivity index (χ2v) is 6.19. The van der Waals surface area contributed by atoms with Crippen molar-refractivity contribution in [2.24, 2.45) is 5.92 Å². The number of benzene rings is 2. The first kappa shape index (κ1) is 18.4. The summed E-state index contributed by atoms with van der Waals surface area (Å²) in [6, 6.07) is 16.1. The van der Waals surface area contributed by atoms with Crippen LogP contribution in [-0.4, -0.2) is 28.5 Å². The molecular weight excluding hydrogens is 342 g/mol. The molecule has 1 aromatic heterocycles. The van der Waals surface area contributed by atoms with Crippen LogP contribution in [0, 0.1) is 5.92 Å². The van der Waals surface area contributed by atoms with Crippen LogP contribution in [0.4, 0.5) is 0 Å². The van der Waals surface area contributed by atoms with Gasteiger partial charge in [0.15, 0.2) is 0 Å². The molecule has 0 saturated carbocycles. The Morgan fingerprint density at radius 1 is 1.11 bits per heavy atom. The van der Waals surface area contributed by atoms with Crippen molar-refractivity contribution < 1.29 is 14.3 Å². The van der Waals surface area contributed by atoms with E-state index in [1.807, 2.05) is 53.2 Å². The molecule has 0 unspecified atom stereocenters. The van der Waals surface area contributed by atoms with Crippen molar-refractivity contribution in [3.63, 3.8) is 0 Å². The quantitative estimate of drug-likeness (QED) is 0.683. The highest BCUT2D eigenvalue weighted by molar-refractivity contribution is 5.95. The average molecular weight is 363 g/mol. The molecule has 2 aromatic carbocycles. The van der Waals surface area contributed by atoms with E-state index in [2.05, 4.69) is 10.3 Å². The van der Waals surface area contributed by atoms with Crippen LogP contribution in [0.3, 0.4) is 0 Å². The van der Waals surface area contributed by atoms with Gasteiger partial charge in [0, 0.05) is 23.6 Å². The van der Waals surface area contributed by atoms with E-state index in [1.165, 1.54) is 7.11 Å². The Morgan fingerprint density at radius 3 is 2.56 bits per heavy atom. The lowest BCUT2D eigenvalue weighted by molar-refractivity contribution is -0.145. The van der Waals surface area contributed by atoms with E-state index in [0.717, 1.165) is 11.3 Å². The molecule has 0 aliphatic heterocycles. The zero-order chi connectivity index (χ0) is 19.2. The fourth-order valence-electron chi connectivity index (χ4n) is 2.92. The summed E-state index contributed by atoms with van der Waals surface area (Å²) in [5.41, 5.74) is 2.17. The van der Waals surface area contributed by atoms with Crippen molar-refractivity contribution >= 4 is 11.9 Å². The SMILES string of the molecule is COC(=O)[C@H](C)[C@H](NC(=O)c1cccc(-n2ccnc2)c1)c1ccccc1. The summed E-state index contributed by atoms with van der Waals surface area (Å²) in [6.07, 6.45) is 5.16. The van der Waals surface area contributed by atoms with Gasteiger partial charge in [0.1, 0.15) is 0 Å².